The molecule has 0 radical (unpaired) electrons. The van der Waals surface area contributed by atoms with Gasteiger partial charge in [-0.05, 0) is 6.07 Å². The number of benzene rings is 1. The number of ether oxygens (including phenoxy) is 1. The first-order valence-corrected chi connectivity index (χ1v) is 4.63. The molecule has 88 valence electrons. The van der Waals surface area contributed by atoms with Crippen LogP contribution in [-0.4, -0.2) is 24.7 Å². The van der Waals surface area contributed by atoms with E-state index in [1.165, 1.54) is 7.11 Å². The van der Waals surface area contributed by atoms with Gasteiger partial charge in [0.2, 0.25) is 5.91 Å². The number of rotatable bonds is 6. The van der Waals surface area contributed by atoms with Crippen molar-refractivity contribution in [3.05, 3.63) is 23.8 Å². The van der Waals surface area contributed by atoms with Crippen molar-refractivity contribution in [1.29, 1.82) is 0 Å². The van der Waals surface area contributed by atoms with Gasteiger partial charge in [-0.25, -0.2) is 0 Å². The largest absolute Gasteiger partial charge is 0.504 e. The second-order valence-electron chi connectivity index (χ2n) is 3.04. The molecule has 0 fully saturated rings. The molecule has 0 atom stereocenters. The van der Waals surface area contributed by atoms with Crippen molar-refractivity contribution >= 4 is 5.91 Å². The third-order valence-electron chi connectivity index (χ3n) is 1.88. The maximum absolute atomic E-state index is 10.4. The van der Waals surface area contributed by atoms with Gasteiger partial charge in [-0.1, -0.05) is 12.1 Å². The molecule has 0 unspecified atom stereocenters. The normalized spacial score (nSPS) is 10.1. The quantitative estimate of drug-likeness (QED) is 0.465. The molecule has 0 bridgehead atoms. The molecule has 0 aliphatic heterocycles. The van der Waals surface area contributed by atoms with Gasteiger partial charge in [-0.3, -0.25) is 9.63 Å². The molecule has 6 heteroatoms. The third kappa shape index (κ3) is 3.41. The molecule has 0 aliphatic rings. The van der Waals surface area contributed by atoms with Crippen molar-refractivity contribution in [2.45, 2.75) is 6.54 Å². The Bertz CT molecular complexity index is 368. The average Bonchev–Trinajstić information content (AvgIpc) is 2.26. The van der Waals surface area contributed by atoms with Crippen LogP contribution in [0, 0.1) is 0 Å². The third-order valence-corrected chi connectivity index (χ3v) is 1.88. The number of primary amides is 1. The summed E-state index contributed by atoms with van der Waals surface area (Å²) >= 11 is 0. The predicted octanol–water partition coefficient (Wildman–Crippen LogP) is -0.0927. The number of hydrogen-bond donors (Lipinski definition) is 3. The van der Waals surface area contributed by atoms with E-state index < -0.39 is 5.91 Å². The monoisotopic (exact) mass is 226 g/mol. The molecule has 0 spiro atoms. The molecular formula is C10H14N2O4. The molecule has 0 aliphatic carbocycles. The number of hydrogen-bond acceptors (Lipinski definition) is 5. The molecule has 1 rings (SSSR count). The summed E-state index contributed by atoms with van der Waals surface area (Å²) in [5.74, 6) is -0.142. The highest BCUT2D eigenvalue weighted by atomic mass is 16.6. The molecule has 0 aromatic heterocycles. The van der Waals surface area contributed by atoms with Gasteiger partial charge < -0.3 is 15.6 Å². The van der Waals surface area contributed by atoms with E-state index in [-0.39, 0.29) is 18.9 Å². The summed E-state index contributed by atoms with van der Waals surface area (Å²) in [6.45, 7) is 0.0288. The summed E-state index contributed by atoms with van der Waals surface area (Å²) in [5, 5.41) is 9.69. The van der Waals surface area contributed by atoms with Crippen LogP contribution in [0.2, 0.25) is 0 Å². The molecule has 16 heavy (non-hydrogen) atoms. The molecule has 4 N–H and O–H groups in total. The molecule has 6 nitrogen and oxygen atoms in total. The fraction of sp³-hybridized carbons (Fsp3) is 0.300. The standard InChI is InChI=1S/C10H14N2O4/c1-15-8-4-2-3-7(10(8)14)5-12-16-6-9(11)13/h2-4,12,14H,5-6H2,1H3,(H2,11,13). The Kier molecular flexibility index (Phi) is 4.56. The van der Waals surface area contributed by atoms with Crippen LogP contribution >= 0.6 is 0 Å². The van der Waals surface area contributed by atoms with E-state index in [0.717, 1.165) is 0 Å². The van der Waals surface area contributed by atoms with E-state index in [1.807, 2.05) is 0 Å². The number of para-hydroxylation sites is 1. The second kappa shape index (κ2) is 5.94. The van der Waals surface area contributed by atoms with Crippen molar-refractivity contribution in [2.75, 3.05) is 13.7 Å². The number of nitrogens with two attached hydrogens (primary N) is 1. The van der Waals surface area contributed by atoms with Gasteiger partial charge in [0, 0.05) is 12.1 Å². The predicted molar refractivity (Wildman–Crippen MR) is 56.6 cm³/mol. The smallest absolute Gasteiger partial charge is 0.245 e. The Labute approximate surface area is 92.9 Å². The van der Waals surface area contributed by atoms with Crippen LogP contribution in [0.3, 0.4) is 0 Å². The minimum atomic E-state index is -0.567. The topological polar surface area (TPSA) is 93.8 Å². The van der Waals surface area contributed by atoms with Crippen molar-refractivity contribution in [2.24, 2.45) is 5.73 Å². The maximum Gasteiger partial charge on any atom is 0.245 e. The number of nitrogens with one attached hydrogen (secondary N) is 1. The van der Waals surface area contributed by atoms with Gasteiger partial charge in [0.1, 0.15) is 6.61 Å². The average molecular weight is 226 g/mol. The lowest BCUT2D eigenvalue weighted by Gasteiger charge is -2.09. The zero-order valence-corrected chi connectivity index (χ0v) is 8.90. The van der Waals surface area contributed by atoms with Crippen molar-refractivity contribution in [3.63, 3.8) is 0 Å². The fourth-order valence-electron chi connectivity index (χ4n) is 1.13. The number of aromatic hydroxyl groups is 1. The highest BCUT2D eigenvalue weighted by Gasteiger charge is 2.06. The van der Waals surface area contributed by atoms with E-state index >= 15 is 0 Å². The summed E-state index contributed by atoms with van der Waals surface area (Å²) in [6.07, 6.45) is 0. The minimum absolute atomic E-state index is 0.0418. The summed E-state index contributed by atoms with van der Waals surface area (Å²) in [6, 6.07) is 5.09. The van der Waals surface area contributed by atoms with Crippen LogP contribution in [0.4, 0.5) is 0 Å². The summed E-state index contributed by atoms with van der Waals surface area (Å²) < 4.78 is 4.94. The van der Waals surface area contributed by atoms with Crippen LogP contribution in [-0.2, 0) is 16.2 Å². The number of hydroxylamine groups is 1. The number of phenols is 1. The van der Waals surface area contributed by atoms with Gasteiger partial charge in [0.15, 0.2) is 11.5 Å². The lowest BCUT2D eigenvalue weighted by atomic mass is 10.2. The van der Waals surface area contributed by atoms with Crippen molar-refractivity contribution in [1.82, 2.24) is 5.48 Å². The van der Waals surface area contributed by atoms with Crippen LogP contribution < -0.4 is 16.0 Å². The molecule has 1 amide bonds. The zero-order valence-electron chi connectivity index (χ0n) is 8.90. The number of phenolic OH excluding ortho intramolecular Hbond substituents is 1. The lowest BCUT2D eigenvalue weighted by Crippen LogP contribution is -2.24. The van der Waals surface area contributed by atoms with E-state index in [4.69, 9.17) is 15.3 Å². The van der Waals surface area contributed by atoms with E-state index in [9.17, 15) is 9.90 Å². The second-order valence-corrected chi connectivity index (χ2v) is 3.04. The van der Waals surface area contributed by atoms with Crippen molar-refractivity contribution in [3.8, 4) is 11.5 Å². The van der Waals surface area contributed by atoms with Crippen LogP contribution in [0.1, 0.15) is 5.56 Å². The first kappa shape index (κ1) is 12.3. The zero-order chi connectivity index (χ0) is 12.0. The highest BCUT2D eigenvalue weighted by Crippen LogP contribution is 2.28. The minimum Gasteiger partial charge on any atom is -0.504 e. The summed E-state index contributed by atoms with van der Waals surface area (Å²) in [7, 11) is 1.47. The Morgan fingerprint density at radius 3 is 2.94 bits per heavy atom. The Balaban J connectivity index is 2.50. The Morgan fingerprint density at radius 1 is 1.56 bits per heavy atom. The van der Waals surface area contributed by atoms with Gasteiger partial charge >= 0.3 is 0 Å². The maximum atomic E-state index is 10.4. The number of amides is 1. The van der Waals surface area contributed by atoms with E-state index in [1.54, 1.807) is 18.2 Å². The molecule has 1 aromatic carbocycles. The van der Waals surface area contributed by atoms with Gasteiger partial charge in [0.25, 0.3) is 0 Å². The highest BCUT2D eigenvalue weighted by molar-refractivity contribution is 5.74. The van der Waals surface area contributed by atoms with Gasteiger partial charge in [-0.2, -0.15) is 5.48 Å². The molecule has 1 aromatic rings. The number of carbonyl (C=O) groups is 1. The van der Waals surface area contributed by atoms with Gasteiger partial charge in [0.05, 0.1) is 7.11 Å². The van der Waals surface area contributed by atoms with Crippen LogP contribution in [0.15, 0.2) is 18.2 Å². The number of carbonyl (C=O) groups excluding carboxylic acids is 1. The van der Waals surface area contributed by atoms with Crippen LogP contribution in [0.5, 0.6) is 11.5 Å². The fourth-order valence-corrected chi connectivity index (χ4v) is 1.13. The SMILES string of the molecule is COc1cccc(CNOCC(N)=O)c1O. The Morgan fingerprint density at radius 2 is 2.31 bits per heavy atom. The number of methoxy groups -OCH3 is 1. The lowest BCUT2D eigenvalue weighted by molar-refractivity contribution is -0.125. The van der Waals surface area contributed by atoms with Crippen LogP contribution in [0.25, 0.3) is 0 Å². The summed E-state index contributed by atoms with van der Waals surface area (Å²) in [4.78, 5) is 15.1. The molecule has 0 heterocycles. The first-order chi connectivity index (χ1) is 7.65. The van der Waals surface area contributed by atoms with Gasteiger partial charge in [-0.15, -0.1) is 0 Å². The molecular weight excluding hydrogens is 212 g/mol. The van der Waals surface area contributed by atoms with E-state index in [0.29, 0.717) is 11.3 Å². The summed E-state index contributed by atoms with van der Waals surface area (Å²) in [5.41, 5.74) is 7.98. The van der Waals surface area contributed by atoms with Crippen molar-refractivity contribution < 1.29 is 19.5 Å². The first-order valence-electron chi connectivity index (χ1n) is 4.63. The Hall–Kier alpha value is -1.79. The molecule has 0 saturated heterocycles. The molecule has 0 saturated carbocycles. The van der Waals surface area contributed by atoms with E-state index in [2.05, 4.69) is 5.48 Å².